The smallest absolute Gasteiger partial charge is 0.203 e. The highest BCUT2D eigenvalue weighted by atomic mass is 19.1. The van der Waals surface area contributed by atoms with Gasteiger partial charge in [0.25, 0.3) is 0 Å². The molecular formula is C23H20FN5O2. The second kappa shape index (κ2) is 8.74. The summed E-state index contributed by atoms with van der Waals surface area (Å²) in [6, 6.07) is 13.4. The molecule has 2 heterocycles. The molecule has 2 aromatic carbocycles. The Morgan fingerprint density at radius 1 is 1.10 bits per heavy atom. The third-order valence-electron chi connectivity index (χ3n) is 4.62. The van der Waals surface area contributed by atoms with Crippen molar-refractivity contribution in [3.05, 3.63) is 94.4 Å². The standard InChI is InChI=1S/C23H20FN5O2/c1-2-31-18-13-26-23(27-14-18)16-5-3-4-15(10-16)11-21-22(30)8-9-29(28-21)17-6-7-20(25)19(24)12-17/h3-10,12-14H,2,11,25H2,1H3. The van der Waals surface area contributed by atoms with Crippen LogP contribution in [-0.2, 0) is 6.42 Å². The van der Waals surface area contributed by atoms with E-state index in [1.54, 1.807) is 18.5 Å². The number of ether oxygens (including phenoxy) is 1. The van der Waals surface area contributed by atoms with Crippen LogP contribution < -0.4 is 15.9 Å². The third kappa shape index (κ3) is 4.58. The minimum absolute atomic E-state index is 0.0540. The van der Waals surface area contributed by atoms with Crippen molar-refractivity contribution < 1.29 is 9.13 Å². The van der Waals surface area contributed by atoms with Crippen molar-refractivity contribution in [3.8, 4) is 22.8 Å². The Balaban J connectivity index is 1.61. The summed E-state index contributed by atoms with van der Waals surface area (Å²) in [7, 11) is 0. The van der Waals surface area contributed by atoms with Crippen molar-refractivity contribution in [3.63, 3.8) is 0 Å². The summed E-state index contributed by atoms with van der Waals surface area (Å²) >= 11 is 0. The molecule has 0 amide bonds. The number of benzene rings is 2. The maximum absolute atomic E-state index is 13.8. The summed E-state index contributed by atoms with van der Waals surface area (Å²) in [5, 5.41) is 4.39. The lowest BCUT2D eigenvalue weighted by Gasteiger charge is -2.09. The van der Waals surface area contributed by atoms with Crippen molar-refractivity contribution in [1.82, 2.24) is 19.7 Å². The fraction of sp³-hybridized carbons (Fsp3) is 0.130. The zero-order valence-electron chi connectivity index (χ0n) is 16.8. The van der Waals surface area contributed by atoms with Gasteiger partial charge in [0, 0.05) is 30.3 Å². The molecule has 0 radical (unpaired) electrons. The molecule has 156 valence electrons. The molecule has 2 N–H and O–H groups in total. The monoisotopic (exact) mass is 417 g/mol. The molecule has 0 atom stereocenters. The number of anilines is 1. The van der Waals surface area contributed by atoms with E-state index in [1.807, 2.05) is 31.2 Å². The second-order valence-corrected chi connectivity index (χ2v) is 6.83. The number of hydrogen-bond acceptors (Lipinski definition) is 6. The van der Waals surface area contributed by atoms with E-state index >= 15 is 0 Å². The lowest BCUT2D eigenvalue weighted by molar-refractivity contribution is 0.337. The molecule has 0 aliphatic carbocycles. The number of halogens is 1. The van der Waals surface area contributed by atoms with Crippen LogP contribution in [0.4, 0.5) is 10.1 Å². The Morgan fingerprint density at radius 2 is 1.90 bits per heavy atom. The average Bonchev–Trinajstić information content (AvgIpc) is 2.78. The van der Waals surface area contributed by atoms with Crippen LogP contribution in [0.15, 0.2) is 71.9 Å². The molecule has 0 saturated heterocycles. The SMILES string of the molecule is CCOc1cnc(-c2cccc(Cc3nn(-c4ccc(N)c(F)c4)ccc3=O)c2)nc1. The van der Waals surface area contributed by atoms with Crippen molar-refractivity contribution in [2.24, 2.45) is 0 Å². The van der Waals surface area contributed by atoms with Gasteiger partial charge < -0.3 is 10.5 Å². The maximum Gasteiger partial charge on any atom is 0.203 e. The van der Waals surface area contributed by atoms with Crippen molar-refractivity contribution in [2.45, 2.75) is 13.3 Å². The lowest BCUT2D eigenvalue weighted by atomic mass is 10.1. The highest BCUT2D eigenvalue weighted by molar-refractivity contribution is 5.56. The molecule has 0 aliphatic heterocycles. The summed E-state index contributed by atoms with van der Waals surface area (Å²) in [5.74, 6) is 0.624. The minimum Gasteiger partial charge on any atom is -0.491 e. The Bertz CT molecular complexity index is 1270. The van der Waals surface area contributed by atoms with E-state index in [9.17, 15) is 9.18 Å². The van der Waals surface area contributed by atoms with Crippen molar-refractivity contribution in [2.75, 3.05) is 12.3 Å². The van der Waals surface area contributed by atoms with Crippen molar-refractivity contribution in [1.29, 1.82) is 0 Å². The molecule has 4 aromatic rings. The number of rotatable bonds is 6. The van der Waals surface area contributed by atoms with Crippen LogP contribution in [-0.4, -0.2) is 26.4 Å². The molecule has 4 rings (SSSR count). The highest BCUT2D eigenvalue weighted by Crippen LogP contribution is 2.19. The summed E-state index contributed by atoms with van der Waals surface area (Å²) in [4.78, 5) is 21.1. The first kappa shape index (κ1) is 20.2. The molecule has 0 fully saturated rings. The zero-order valence-corrected chi connectivity index (χ0v) is 16.8. The molecule has 0 bridgehead atoms. The highest BCUT2D eigenvalue weighted by Gasteiger charge is 2.09. The van der Waals surface area contributed by atoms with Crippen LogP contribution >= 0.6 is 0 Å². The van der Waals surface area contributed by atoms with Crippen molar-refractivity contribution >= 4 is 5.69 Å². The van der Waals surface area contributed by atoms with E-state index in [-0.39, 0.29) is 11.1 Å². The minimum atomic E-state index is -0.539. The van der Waals surface area contributed by atoms with Crippen LogP contribution in [0.2, 0.25) is 0 Å². The molecule has 0 aliphatic rings. The maximum atomic E-state index is 13.8. The molecule has 0 spiro atoms. The lowest BCUT2D eigenvalue weighted by Crippen LogP contribution is -2.16. The van der Waals surface area contributed by atoms with Gasteiger partial charge in [0.1, 0.15) is 11.5 Å². The van der Waals surface area contributed by atoms with E-state index in [0.717, 1.165) is 11.1 Å². The van der Waals surface area contributed by atoms with Gasteiger partial charge in [0.2, 0.25) is 5.43 Å². The van der Waals surface area contributed by atoms with Crippen LogP contribution in [0.3, 0.4) is 0 Å². The molecule has 7 nitrogen and oxygen atoms in total. The molecule has 0 saturated carbocycles. The number of aromatic nitrogens is 4. The van der Waals surface area contributed by atoms with Crippen LogP contribution in [0.1, 0.15) is 18.2 Å². The number of nitrogens with zero attached hydrogens (tertiary/aromatic N) is 4. The van der Waals surface area contributed by atoms with Gasteiger partial charge in [-0.05, 0) is 30.7 Å². The normalized spacial score (nSPS) is 10.8. The van der Waals surface area contributed by atoms with Gasteiger partial charge in [-0.3, -0.25) is 4.79 Å². The van der Waals surface area contributed by atoms with E-state index in [4.69, 9.17) is 10.5 Å². The molecule has 31 heavy (non-hydrogen) atoms. The quantitative estimate of drug-likeness (QED) is 0.483. The van der Waals surface area contributed by atoms with E-state index in [2.05, 4.69) is 15.1 Å². The average molecular weight is 417 g/mol. The Morgan fingerprint density at radius 3 is 2.65 bits per heavy atom. The summed E-state index contributed by atoms with van der Waals surface area (Å²) in [6.45, 7) is 2.44. The largest absolute Gasteiger partial charge is 0.491 e. The van der Waals surface area contributed by atoms with Gasteiger partial charge in [0.15, 0.2) is 11.6 Å². The molecule has 0 unspecified atom stereocenters. The topological polar surface area (TPSA) is 95.9 Å². The van der Waals surface area contributed by atoms with Gasteiger partial charge in [0.05, 0.1) is 30.4 Å². The second-order valence-electron chi connectivity index (χ2n) is 6.83. The Hall–Kier alpha value is -4.07. The fourth-order valence-corrected chi connectivity index (χ4v) is 3.09. The first-order chi connectivity index (χ1) is 15.0. The Labute approximate surface area is 178 Å². The predicted molar refractivity (Wildman–Crippen MR) is 116 cm³/mol. The first-order valence-electron chi connectivity index (χ1n) is 9.72. The summed E-state index contributed by atoms with van der Waals surface area (Å²) < 4.78 is 20.6. The molecule has 8 heteroatoms. The molecular weight excluding hydrogens is 397 g/mol. The number of nitrogen functional groups attached to an aromatic ring is 1. The zero-order chi connectivity index (χ0) is 21.8. The van der Waals surface area contributed by atoms with Gasteiger partial charge in [-0.1, -0.05) is 18.2 Å². The fourth-order valence-electron chi connectivity index (χ4n) is 3.09. The van der Waals surface area contributed by atoms with E-state index in [1.165, 1.54) is 29.1 Å². The van der Waals surface area contributed by atoms with Gasteiger partial charge in [-0.25, -0.2) is 19.0 Å². The van der Waals surface area contributed by atoms with Crippen LogP contribution in [0.25, 0.3) is 17.1 Å². The van der Waals surface area contributed by atoms with Crippen LogP contribution in [0.5, 0.6) is 5.75 Å². The van der Waals surface area contributed by atoms with Gasteiger partial charge in [-0.2, -0.15) is 5.10 Å². The van der Waals surface area contributed by atoms with E-state index in [0.29, 0.717) is 36.0 Å². The van der Waals surface area contributed by atoms with E-state index < -0.39 is 5.82 Å². The van der Waals surface area contributed by atoms with Crippen LogP contribution in [0, 0.1) is 5.82 Å². The molecule has 2 aromatic heterocycles. The third-order valence-corrected chi connectivity index (χ3v) is 4.62. The number of nitrogens with two attached hydrogens (primary N) is 1. The summed E-state index contributed by atoms with van der Waals surface area (Å²) in [5.41, 5.74) is 7.90. The Kier molecular flexibility index (Phi) is 5.70. The predicted octanol–water partition coefficient (Wildman–Crippen LogP) is 3.40. The first-order valence-corrected chi connectivity index (χ1v) is 9.72. The van der Waals surface area contributed by atoms with Gasteiger partial charge in [-0.15, -0.1) is 0 Å². The summed E-state index contributed by atoms with van der Waals surface area (Å²) in [6.07, 6.45) is 5.06. The van der Waals surface area contributed by atoms with Gasteiger partial charge >= 0.3 is 0 Å². The number of hydrogen-bond donors (Lipinski definition) is 1.